The van der Waals surface area contributed by atoms with Gasteiger partial charge in [0, 0.05) is 18.5 Å². The van der Waals surface area contributed by atoms with E-state index in [1.807, 2.05) is 42.5 Å². The maximum Gasteiger partial charge on any atom is 0.271 e. The first-order valence-corrected chi connectivity index (χ1v) is 8.43. The fraction of sp³-hybridized carbons (Fsp3) is 0.263. The summed E-state index contributed by atoms with van der Waals surface area (Å²) in [5, 5.41) is 4.58. The molecule has 1 aliphatic rings. The van der Waals surface area contributed by atoms with E-state index in [1.165, 1.54) is 0 Å². The molecule has 1 aliphatic heterocycles. The molecule has 0 spiro atoms. The number of carbonyl (C=O) groups is 1. The molecular weight excluding hydrogens is 340 g/mol. The minimum Gasteiger partial charge on any atom is -0.492 e. The predicted octanol–water partition coefficient (Wildman–Crippen LogP) is 3.69. The molecule has 25 heavy (non-hydrogen) atoms. The number of rotatable bonds is 6. The van der Waals surface area contributed by atoms with Crippen LogP contribution in [0.2, 0.25) is 5.02 Å². The first-order valence-electron chi connectivity index (χ1n) is 8.05. The van der Waals surface area contributed by atoms with Crippen molar-refractivity contribution in [2.45, 2.75) is 12.5 Å². The number of amides is 1. The molecule has 2 aromatic carbocycles. The maximum absolute atomic E-state index is 12.5. The molecule has 130 valence electrons. The van der Waals surface area contributed by atoms with E-state index in [1.54, 1.807) is 24.1 Å². The Labute approximate surface area is 151 Å². The number of carbonyl (C=O) groups excluding carboxylic acids is 1. The van der Waals surface area contributed by atoms with Crippen molar-refractivity contribution in [3.63, 3.8) is 0 Å². The Morgan fingerprint density at radius 2 is 2.08 bits per heavy atom. The molecule has 0 bridgehead atoms. The second kappa shape index (κ2) is 8.03. The first-order chi connectivity index (χ1) is 12.1. The van der Waals surface area contributed by atoms with Crippen LogP contribution in [0, 0.1) is 0 Å². The van der Waals surface area contributed by atoms with Crippen LogP contribution < -0.4 is 4.74 Å². The van der Waals surface area contributed by atoms with Gasteiger partial charge in [-0.1, -0.05) is 53.2 Å². The molecule has 0 aliphatic carbocycles. The normalized spacial score (nSPS) is 16.1. The molecule has 2 aromatic rings. The van der Waals surface area contributed by atoms with E-state index < -0.39 is 0 Å². The largest absolute Gasteiger partial charge is 0.492 e. The molecule has 6 heteroatoms. The molecule has 0 N–H and O–H groups in total. The van der Waals surface area contributed by atoms with Gasteiger partial charge in [0.1, 0.15) is 18.1 Å². The number of hydrogen-bond acceptors (Lipinski definition) is 4. The summed E-state index contributed by atoms with van der Waals surface area (Å²) in [6.07, 6.45) is 0.277. The number of nitrogens with zero attached hydrogens (tertiary/aromatic N) is 2. The molecule has 0 radical (unpaired) electrons. The summed E-state index contributed by atoms with van der Waals surface area (Å²) in [4.78, 5) is 19.4. The highest BCUT2D eigenvalue weighted by molar-refractivity contribution is 6.39. The fourth-order valence-electron chi connectivity index (χ4n) is 2.53. The number of oxime groups is 1. The lowest BCUT2D eigenvalue weighted by molar-refractivity contribution is -0.123. The van der Waals surface area contributed by atoms with Crippen LogP contribution in [0.15, 0.2) is 59.8 Å². The lowest BCUT2D eigenvalue weighted by Gasteiger charge is -2.17. The van der Waals surface area contributed by atoms with Gasteiger partial charge in [-0.3, -0.25) is 4.79 Å². The molecule has 0 saturated carbocycles. The van der Waals surface area contributed by atoms with E-state index in [9.17, 15) is 4.79 Å². The molecule has 0 saturated heterocycles. The van der Waals surface area contributed by atoms with E-state index in [4.69, 9.17) is 21.2 Å². The average molecular weight is 359 g/mol. The first kappa shape index (κ1) is 17.3. The zero-order valence-electron chi connectivity index (χ0n) is 13.9. The number of halogens is 1. The van der Waals surface area contributed by atoms with Crippen LogP contribution in [0.4, 0.5) is 0 Å². The van der Waals surface area contributed by atoms with Gasteiger partial charge in [-0.2, -0.15) is 0 Å². The Hall–Kier alpha value is -2.53. The van der Waals surface area contributed by atoms with Crippen LogP contribution >= 0.6 is 11.6 Å². The highest BCUT2D eigenvalue weighted by atomic mass is 35.5. The van der Waals surface area contributed by atoms with Gasteiger partial charge in [0.15, 0.2) is 6.10 Å². The summed E-state index contributed by atoms with van der Waals surface area (Å²) in [6.45, 7) is 0.819. The Kier molecular flexibility index (Phi) is 5.56. The Balaban J connectivity index is 1.48. The quantitative estimate of drug-likeness (QED) is 0.791. The summed E-state index contributed by atoms with van der Waals surface area (Å²) in [7, 11) is 1.72. The van der Waals surface area contributed by atoms with E-state index in [2.05, 4.69) is 5.16 Å². The monoisotopic (exact) mass is 358 g/mol. The summed E-state index contributed by atoms with van der Waals surface area (Å²) in [6, 6.07) is 16.9. The van der Waals surface area contributed by atoms with Crippen LogP contribution in [0.1, 0.15) is 18.1 Å². The second-order valence-electron chi connectivity index (χ2n) is 5.78. The van der Waals surface area contributed by atoms with Gasteiger partial charge in [-0.25, -0.2) is 0 Å². The molecule has 0 fully saturated rings. The molecule has 1 unspecified atom stereocenters. The number of hydrogen-bond donors (Lipinski definition) is 0. The zero-order chi connectivity index (χ0) is 17.6. The van der Waals surface area contributed by atoms with Crippen LogP contribution in [0.5, 0.6) is 5.75 Å². The molecule has 1 amide bonds. The van der Waals surface area contributed by atoms with Gasteiger partial charge in [-0.15, -0.1) is 0 Å². The van der Waals surface area contributed by atoms with Crippen molar-refractivity contribution >= 4 is 23.2 Å². The van der Waals surface area contributed by atoms with Gasteiger partial charge in [-0.05, 0) is 23.8 Å². The SMILES string of the molecule is CN(CCOc1cccc(Cl)c1)C(=O)C1=NOC(c2ccccc2)C1. The average Bonchev–Trinajstić information content (AvgIpc) is 3.12. The van der Waals surface area contributed by atoms with Gasteiger partial charge < -0.3 is 14.5 Å². The lowest BCUT2D eigenvalue weighted by Crippen LogP contribution is -2.35. The van der Waals surface area contributed by atoms with Crippen molar-refractivity contribution in [2.24, 2.45) is 5.16 Å². The minimum atomic E-state index is -0.198. The lowest BCUT2D eigenvalue weighted by atomic mass is 10.0. The highest BCUT2D eigenvalue weighted by Crippen LogP contribution is 2.27. The van der Waals surface area contributed by atoms with Gasteiger partial charge in [0.05, 0.1) is 6.54 Å². The number of benzene rings is 2. The Bertz CT molecular complexity index is 764. The van der Waals surface area contributed by atoms with Gasteiger partial charge in [0.2, 0.25) is 0 Å². The van der Waals surface area contributed by atoms with Crippen molar-refractivity contribution in [2.75, 3.05) is 20.2 Å². The van der Waals surface area contributed by atoms with Crippen molar-refractivity contribution < 1.29 is 14.4 Å². The minimum absolute atomic E-state index is 0.145. The summed E-state index contributed by atoms with van der Waals surface area (Å²) in [5.74, 6) is 0.534. The number of ether oxygens (including phenoxy) is 1. The zero-order valence-corrected chi connectivity index (χ0v) is 14.6. The molecule has 1 heterocycles. The third kappa shape index (κ3) is 4.51. The van der Waals surface area contributed by atoms with Crippen LogP contribution in [-0.4, -0.2) is 36.7 Å². The van der Waals surface area contributed by atoms with Crippen LogP contribution in [-0.2, 0) is 9.63 Å². The van der Waals surface area contributed by atoms with Crippen molar-refractivity contribution in [1.82, 2.24) is 4.90 Å². The van der Waals surface area contributed by atoms with E-state index >= 15 is 0 Å². The molecule has 3 rings (SSSR count). The van der Waals surface area contributed by atoms with Crippen molar-refractivity contribution in [3.8, 4) is 5.75 Å². The van der Waals surface area contributed by atoms with Crippen molar-refractivity contribution in [1.29, 1.82) is 0 Å². The van der Waals surface area contributed by atoms with E-state index in [0.717, 1.165) is 5.56 Å². The summed E-state index contributed by atoms with van der Waals surface area (Å²) in [5.41, 5.74) is 1.44. The predicted molar refractivity (Wildman–Crippen MR) is 96.9 cm³/mol. The molecule has 1 atom stereocenters. The van der Waals surface area contributed by atoms with E-state index in [0.29, 0.717) is 36.1 Å². The number of likely N-dealkylation sites (N-methyl/N-ethyl adjacent to an activating group) is 1. The third-order valence-corrected chi connectivity index (χ3v) is 4.16. The topological polar surface area (TPSA) is 51.1 Å². The van der Waals surface area contributed by atoms with Crippen molar-refractivity contribution in [3.05, 3.63) is 65.2 Å². The smallest absolute Gasteiger partial charge is 0.271 e. The summed E-state index contributed by atoms with van der Waals surface area (Å²) < 4.78 is 5.61. The maximum atomic E-state index is 12.5. The molecule has 0 aromatic heterocycles. The molecule has 5 nitrogen and oxygen atoms in total. The van der Waals surface area contributed by atoms with Gasteiger partial charge >= 0.3 is 0 Å². The van der Waals surface area contributed by atoms with Crippen LogP contribution in [0.25, 0.3) is 0 Å². The summed E-state index contributed by atoms with van der Waals surface area (Å²) >= 11 is 5.91. The fourth-order valence-corrected chi connectivity index (χ4v) is 2.71. The molecular formula is C19H19ClN2O3. The van der Waals surface area contributed by atoms with Crippen LogP contribution in [0.3, 0.4) is 0 Å². The Morgan fingerprint density at radius 1 is 1.28 bits per heavy atom. The third-order valence-electron chi connectivity index (χ3n) is 3.93. The standard InChI is InChI=1S/C19H19ClN2O3/c1-22(10-11-24-16-9-5-8-15(20)12-16)19(23)17-13-18(25-21-17)14-6-3-2-4-7-14/h2-9,12,18H,10-11,13H2,1H3. The highest BCUT2D eigenvalue weighted by Gasteiger charge is 2.28. The van der Waals surface area contributed by atoms with E-state index in [-0.39, 0.29) is 12.0 Å². The second-order valence-corrected chi connectivity index (χ2v) is 6.22. The van der Waals surface area contributed by atoms with Gasteiger partial charge in [0.25, 0.3) is 5.91 Å². The Morgan fingerprint density at radius 3 is 2.84 bits per heavy atom.